The quantitative estimate of drug-likeness (QED) is 0.405. The number of hydrogen-bond donors (Lipinski definition) is 1. The van der Waals surface area contributed by atoms with Gasteiger partial charge in [0.1, 0.15) is 0 Å². The molecule has 0 radical (unpaired) electrons. The lowest BCUT2D eigenvalue weighted by atomic mass is 10.2. The van der Waals surface area contributed by atoms with Gasteiger partial charge < -0.3 is 14.5 Å². The molecular formula is C20H24N8O3. The van der Waals surface area contributed by atoms with Crippen LogP contribution in [0.2, 0.25) is 0 Å². The Morgan fingerprint density at radius 2 is 1.71 bits per heavy atom. The smallest absolute Gasteiger partial charge is 0.276 e. The van der Waals surface area contributed by atoms with Crippen LogP contribution in [0.15, 0.2) is 35.4 Å². The molecule has 0 amide bonds. The van der Waals surface area contributed by atoms with E-state index in [4.69, 9.17) is 4.74 Å². The molecule has 1 N–H and O–H groups in total. The molecule has 2 aliphatic rings. The van der Waals surface area contributed by atoms with Crippen LogP contribution in [0, 0.1) is 10.1 Å². The van der Waals surface area contributed by atoms with Crippen molar-refractivity contribution < 1.29 is 9.66 Å². The summed E-state index contributed by atoms with van der Waals surface area (Å²) >= 11 is 0. The number of hydrazone groups is 1. The zero-order chi connectivity index (χ0) is 21.5. The number of aromatic nitrogens is 3. The van der Waals surface area contributed by atoms with Crippen LogP contribution in [-0.4, -0.2) is 65.5 Å². The predicted molar refractivity (Wildman–Crippen MR) is 119 cm³/mol. The van der Waals surface area contributed by atoms with Crippen LogP contribution in [0.5, 0.6) is 0 Å². The van der Waals surface area contributed by atoms with Gasteiger partial charge in [-0.15, -0.1) is 0 Å². The number of rotatable bonds is 7. The SMILES string of the molecule is O=[N+]([O-])c1ccccc1/C=C/C=N/Nc1nc(N2CCCC2)nc(N2CCOCC2)n1. The van der Waals surface area contributed by atoms with Crippen LogP contribution in [-0.2, 0) is 4.74 Å². The van der Waals surface area contributed by atoms with E-state index in [0.29, 0.717) is 36.6 Å². The van der Waals surface area contributed by atoms with Gasteiger partial charge in [-0.2, -0.15) is 20.1 Å². The molecule has 0 aliphatic carbocycles. The van der Waals surface area contributed by atoms with E-state index in [1.54, 1.807) is 30.4 Å². The molecule has 0 atom stereocenters. The molecule has 0 unspecified atom stereocenters. The van der Waals surface area contributed by atoms with Crippen molar-refractivity contribution in [2.75, 3.05) is 54.6 Å². The molecule has 0 spiro atoms. The van der Waals surface area contributed by atoms with Crippen molar-refractivity contribution in [1.29, 1.82) is 0 Å². The molecule has 162 valence electrons. The number of nitro groups is 1. The van der Waals surface area contributed by atoms with Crippen molar-refractivity contribution in [3.63, 3.8) is 0 Å². The maximum atomic E-state index is 11.1. The number of ether oxygens (including phenoxy) is 1. The van der Waals surface area contributed by atoms with Crippen LogP contribution in [0.1, 0.15) is 18.4 Å². The molecule has 1 aromatic heterocycles. The fraction of sp³-hybridized carbons (Fsp3) is 0.400. The van der Waals surface area contributed by atoms with Crippen LogP contribution in [0.4, 0.5) is 23.5 Å². The summed E-state index contributed by atoms with van der Waals surface area (Å²) in [4.78, 5) is 28.6. The van der Waals surface area contributed by atoms with E-state index in [9.17, 15) is 10.1 Å². The summed E-state index contributed by atoms with van der Waals surface area (Å²) < 4.78 is 5.42. The normalized spacial score (nSPS) is 17.0. The second kappa shape index (κ2) is 9.94. The molecule has 11 nitrogen and oxygen atoms in total. The molecular weight excluding hydrogens is 400 g/mol. The van der Waals surface area contributed by atoms with E-state index in [-0.39, 0.29) is 5.69 Å². The van der Waals surface area contributed by atoms with Gasteiger partial charge in [0.25, 0.3) is 5.69 Å². The Bertz CT molecular complexity index is 969. The first kappa shape index (κ1) is 20.7. The Morgan fingerprint density at radius 3 is 2.42 bits per heavy atom. The number of benzene rings is 1. The first-order valence-corrected chi connectivity index (χ1v) is 10.2. The number of nitro benzene ring substituents is 1. The standard InChI is InChI=1S/C20H24N8O3/c29-28(30)17-8-2-1-6-16(17)7-5-9-21-25-18-22-19(26-10-3-4-11-26)24-20(23-18)27-12-14-31-15-13-27/h1-2,5-9H,3-4,10-15H2,(H,22,23,24,25)/b7-5+,21-9+. The van der Waals surface area contributed by atoms with Crippen molar-refractivity contribution in [2.24, 2.45) is 5.10 Å². The maximum absolute atomic E-state index is 11.1. The topological polar surface area (TPSA) is 122 Å². The average molecular weight is 424 g/mol. The number of nitrogens with zero attached hydrogens (tertiary/aromatic N) is 7. The largest absolute Gasteiger partial charge is 0.378 e. The van der Waals surface area contributed by atoms with Gasteiger partial charge in [-0.1, -0.05) is 12.1 Å². The molecule has 2 saturated heterocycles. The van der Waals surface area contributed by atoms with Gasteiger partial charge in [0.05, 0.1) is 23.7 Å². The minimum absolute atomic E-state index is 0.0444. The van der Waals surface area contributed by atoms with Gasteiger partial charge in [-0.25, -0.2) is 5.43 Å². The fourth-order valence-electron chi connectivity index (χ4n) is 3.45. The van der Waals surface area contributed by atoms with Crippen molar-refractivity contribution in [3.8, 4) is 0 Å². The zero-order valence-electron chi connectivity index (χ0n) is 17.1. The number of hydrogen-bond acceptors (Lipinski definition) is 10. The lowest BCUT2D eigenvalue weighted by Gasteiger charge is -2.27. The summed E-state index contributed by atoms with van der Waals surface area (Å²) in [6.07, 6.45) is 7.00. The highest BCUT2D eigenvalue weighted by molar-refractivity contribution is 5.80. The fourth-order valence-corrected chi connectivity index (χ4v) is 3.45. The van der Waals surface area contributed by atoms with Gasteiger partial charge >= 0.3 is 0 Å². The lowest BCUT2D eigenvalue weighted by Crippen LogP contribution is -2.38. The van der Waals surface area contributed by atoms with Crippen molar-refractivity contribution >= 4 is 35.8 Å². The van der Waals surface area contributed by atoms with Gasteiger partial charge in [0.15, 0.2) is 0 Å². The molecule has 2 fully saturated rings. The highest BCUT2D eigenvalue weighted by Crippen LogP contribution is 2.21. The van der Waals surface area contributed by atoms with E-state index in [1.165, 1.54) is 12.3 Å². The first-order chi connectivity index (χ1) is 15.2. The molecule has 2 aliphatic heterocycles. The number of para-hydroxylation sites is 1. The highest BCUT2D eigenvalue weighted by Gasteiger charge is 2.21. The third-order valence-corrected chi connectivity index (χ3v) is 5.03. The van der Waals surface area contributed by atoms with Crippen LogP contribution < -0.4 is 15.2 Å². The third kappa shape index (κ3) is 5.31. The zero-order valence-corrected chi connectivity index (χ0v) is 17.1. The molecule has 2 aromatic rings. The number of allylic oxidation sites excluding steroid dienone is 1. The Kier molecular flexibility index (Phi) is 6.62. The molecule has 1 aromatic carbocycles. The summed E-state index contributed by atoms with van der Waals surface area (Å²) in [5, 5.41) is 15.2. The summed E-state index contributed by atoms with van der Waals surface area (Å²) in [6.45, 7) is 4.58. The van der Waals surface area contributed by atoms with E-state index in [0.717, 1.165) is 39.0 Å². The van der Waals surface area contributed by atoms with Crippen LogP contribution in [0.3, 0.4) is 0 Å². The minimum Gasteiger partial charge on any atom is -0.378 e. The van der Waals surface area contributed by atoms with E-state index in [2.05, 4.69) is 35.3 Å². The van der Waals surface area contributed by atoms with Crippen LogP contribution >= 0.6 is 0 Å². The van der Waals surface area contributed by atoms with Gasteiger partial charge in [0.2, 0.25) is 17.8 Å². The monoisotopic (exact) mass is 424 g/mol. The van der Waals surface area contributed by atoms with Gasteiger partial charge in [-0.3, -0.25) is 10.1 Å². The van der Waals surface area contributed by atoms with E-state index >= 15 is 0 Å². The van der Waals surface area contributed by atoms with Crippen molar-refractivity contribution in [2.45, 2.75) is 12.8 Å². The highest BCUT2D eigenvalue weighted by atomic mass is 16.6. The molecule has 0 bridgehead atoms. The Hall–Kier alpha value is -3.60. The summed E-state index contributed by atoms with van der Waals surface area (Å²) in [7, 11) is 0. The van der Waals surface area contributed by atoms with E-state index in [1.807, 2.05) is 0 Å². The average Bonchev–Trinajstić information content (AvgIpc) is 3.35. The number of morpholine rings is 1. The number of nitrogens with one attached hydrogen (secondary N) is 1. The lowest BCUT2D eigenvalue weighted by molar-refractivity contribution is -0.385. The third-order valence-electron chi connectivity index (χ3n) is 5.03. The van der Waals surface area contributed by atoms with E-state index < -0.39 is 4.92 Å². The van der Waals surface area contributed by atoms with Gasteiger partial charge in [0, 0.05) is 38.5 Å². The predicted octanol–water partition coefficient (Wildman–Crippen LogP) is 2.33. The maximum Gasteiger partial charge on any atom is 0.276 e. The summed E-state index contributed by atoms with van der Waals surface area (Å²) in [5.41, 5.74) is 3.40. The number of anilines is 3. The summed E-state index contributed by atoms with van der Waals surface area (Å²) in [6, 6.07) is 6.53. The Labute approximate surface area is 179 Å². The summed E-state index contributed by atoms with van der Waals surface area (Å²) in [5.74, 6) is 1.60. The molecule has 4 rings (SSSR count). The molecule has 3 heterocycles. The molecule has 31 heavy (non-hydrogen) atoms. The molecule has 0 saturated carbocycles. The minimum atomic E-state index is -0.410. The van der Waals surface area contributed by atoms with Gasteiger partial charge in [-0.05, 0) is 31.1 Å². The Balaban J connectivity index is 1.48. The van der Waals surface area contributed by atoms with Crippen LogP contribution in [0.25, 0.3) is 6.08 Å². The first-order valence-electron chi connectivity index (χ1n) is 10.2. The second-order valence-electron chi connectivity index (χ2n) is 7.12. The van der Waals surface area contributed by atoms with Crippen molar-refractivity contribution in [1.82, 2.24) is 15.0 Å². The molecule has 11 heteroatoms. The second-order valence-corrected chi connectivity index (χ2v) is 7.12. The van der Waals surface area contributed by atoms with Crippen molar-refractivity contribution in [3.05, 3.63) is 46.0 Å². The Morgan fingerprint density at radius 1 is 1.03 bits per heavy atom.